The van der Waals surface area contributed by atoms with E-state index in [0.717, 1.165) is 55.1 Å². The summed E-state index contributed by atoms with van der Waals surface area (Å²) in [5, 5.41) is 3.70. The summed E-state index contributed by atoms with van der Waals surface area (Å²) in [6.45, 7) is 13.4. The Morgan fingerprint density at radius 2 is 0.855 bits per heavy atom. The van der Waals surface area contributed by atoms with Crippen molar-refractivity contribution in [2.45, 2.75) is 52.4 Å². The highest BCUT2D eigenvalue weighted by molar-refractivity contribution is 6.06. The van der Waals surface area contributed by atoms with E-state index < -0.39 is 0 Å². The number of H-pyrrole nitrogens is 2. The van der Waals surface area contributed by atoms with Crippen molar-refractivity contribution < 1.29 is 4.74 Å². The monoisotopic (exact) mass is 718 g/mol. The molecule has 9 heteroatoms. The second-order valence-electron chi connectivity index (χ2n) is 16.3. The van der Waals surface area contributed by atoms with Crippen molar-refractivity contribution in [3.63, 3.8) is 0 Å². The third kappa shape index (κ3) is 5.53. The van der Waals surface area contributed by atoms with E-state index in [4.69, 9.17) is 34.6 Å². The summed E-state index contributed by atoms with van der Waals surface area (Å²) in [5.74, 6) is 3.72. The Bertz CT molecular complexity index is 3050. The van der Waals surface area contributed by atoms with Crippen molar-refractivity contribution in [3.8, 4) is 57.1 Å². The number of aromatic amines is 2. The minimum Gasteiger partial charge on any atom is -0.457 e. The zero-order chi connectivity index (χ0) is 37.6. The largest absolute Gasteiger partial charge is 0.457 e. The second kappa shape index (κ2) is 11.9. The minimum absolute atomic E-state index is 0.0112. The first-order valence-electron chi connectivity index (χ1n) is 18.5. The van der Waals surface area contributed by atoms with E-state index in [-0.39, 0.29) is 10.8 Å². The molecule has 2 aliphatic heterocycles. The molecule has 0 fully saturated rings. The zero-order valence-electron chi connectivity index (χ0n) is 31.5. The van der Waals surface area contributed by atoms with Gasteiger partial charge >= 0.3 is 0 Å². The molecule has 5 heterocycles. The van der Waals surface area contributed by atoms with Crippen LogP contribution < -0.4 is 4.74 Å². The number of aromatic nitrogens is 8. The number of fused-ring (bicyclic) bond motifs is 20. The van der Waals surface area contributed by atoms with Gasteiger partial charge in [-0.15, -0.1) is 0 Å². The van der Waals surface area contributed by atoms with Gasteiger partial charge in [0.25, 0.3) is 0 Å². The van der Waals surface area contributed by atoms with E-state index in [9.17, 15) is 0 Å². The van der Waals surface area contributed by atoms with Crippen molar-refractivity contribution >= 4 is 44.1 Å². The highest BCUT2D eigenvalue weighted by Gasteiger charge is 2.26. The minimum atomic E-state index is -0.135. The molecule has 0 radical (unpaired) electrons. The predicted octanol–water partition coefficient (Wildman–Crippen LogP) is 11.3. The van der Waals surface area contributed by atoms with Crippen LogP contribution in [0.25, 0.3) is 89.7 Å². The third-order valence-electron chi connectivity index (χ3n) is 10.4. The van der Waals surface area contributed by atoms with Crippen LogP contribution in [0.15, 0.2) is 109 Å². The number of benzene rings is 5. The van der Waals surface area contributed by atoms with Gasteiger partial charge in [0.2, 0.25) is 0 Å². The van der Waals surface area contributed by atoms with Gasteiger partial charge in [-0.25, -0.2) is 29.9 Å². The van der Waals surface area contributed by atoms with Gasteiger partial charge in [-0.3, -0.25) is 0 Å². The lowest BCUT2D eigenvalue weighted by atomic mass is 9.80. The average molecular weight is 719 g/mol. The van der Waals surface area contributed by atoms with Crippen LogP contribution in [0.4, 0.5) is 0 Å². The smallest absolute Gasteiger partial charge is 0.164 e. The molecule has 0 saturated heterocycles. The summed E-state index contributed by atoms with van der Waals surface area (Å²) >= 11 is 0. The molecule has 0 unspecified atom stereocenters. The molecular formula is C46H38N8O. The first-order valence-corrected chi connectivity index (χ1v) is 18.5. The molecular weight excluding hydrogens is 681 g/mol. The van der Waals surface area contributed by atoms with Gasteiger partial charge in [0.15, 0.2) is 23.3 Å². The van der Waals surface area contributed by atoms with Crippen LogP contribution in [0, 0.1) is 0 Å². The fraction of sp³-hybridized carbons (Fsp3) is 0.174. The summed E-state index contributed by atoms with van der Waals surface area (Å²) in [5.41, 5.74) is 8.37. The quantitative estimate of drug-likeness (QED) is 0.183. The number of nitrogens with one attached hydrogen (secondary N) is 2. The Morgan fingerprint density at radius 1 is 0.418 bits per heavy atom. The standard InChI is InChI=1S/C46H38N8O/c1-45(2,3)25-19-22-36(35(23-25)46(4,5)6)55-26-20-21-33-34(24-26)44-53-42-32-18-12-11-17-31(32)40(51-42)49-38-28-14-8-7-13-27(28)37(47-38)48-39-29-15-9-10-16-30(29)41(50-39)52-43(33)54-44/h7-24H,1-6H3,(H2,47,48,49,50,51,52,53,54). The average Bonchev–Trinajstić information content (AvgIpc) is 3.90. The summed E-state index contributed by atoms with van der Waals surface area (Å²) in [7, 11) is 0. The molecule has 10 rings (SSSR count). The van der Waals surface area contributed by atoms with Crippen LogP contribution in [-0.2, 0) is 10.8 Å². The van der Waals surface area contributed by atoms with Crippen LogP contribution in [0.3, 0.4) is 0 Å². The van der Waals surface area contributed by atoms with Crippen LogP contribution in [0.1, 0.15) is 52.7 Å². The number of ether oxygens (including phenoxy) is 1. The molecule has 8 aromatic rings. The van der Waals surface area contributed by atoms with E-state index in [1.54, 1.807) is 0 Å². The molecule has 268 valence electrons. The maximum Gasteiger partial charge on any atom is 0.164 e. The van der Waals surface area contributed by atoms with E-state index in [1.165, 1.54) is 5.56 Å². The van der Waals surface area contributed by atoms with Crippen LogP contribution in [0.2, 0.25) is 0 Å². The number of rotatable bonds is 2. The zero-order valence-corrected chi connectivity index (χ0v) is 31.5. The fourth-order valence-electron chi connectivity index (χ4n) is 7.48. The Balaban J connectivity index is 1.24. The Hall–Kier alpha value is -6.74. The SMILES string of the molecule is CC(C)(C)c1ccc(Oc2ccc3c(c2)-c2nc-3nc3[nH]c(nc4nc(nc5[nH]c(n2)c2ccccc52)-c2ccccc2-4)c2ccccc32)c(C(C)(C)C)c1. The lowest BCUT2D eigenvalue weighted by Gasteiger charge is -2.27. The van der Waals surface area contributed by atoms with E-state index in [0.29, 0.717) is 51.6 Å². The van der Waals surface area contributed by atoms with Gasteiger partial charge in [-0.2, -0.15) is 0 Å². The van der Waals surface area contributed by atoms with Crippen LogP contribution in [0.5, 0.6) is 11.5 Å². The molecule has 2 N–H and O–H groups in total. The highest BCUT2D eigenvalue weighted by atomic mass is 16.5. The first-order chi connectivity index (χ1) is 26.5. The summed E-state index contributed by atoms with van der Waals surface area (Å²) in [4.78, 5) is 37.7. The topological polar surface area (TPSA) is 118 Å². The predicted molar refractivity (Wildman–Crippen MR) is 220 cm³/mol. The molecule has 9 nitrogen and oxygen atoms in total. The molecule has 0 aliphatic carbocycles. The molecule has 2 aliphatic rings. The number of hydrogen-bond donors (Lipinski definition) is 2. The Morgan fingerprint density at radius 3 is 1.31 bits per heavy atom. The molecule has 8 bridgehead atoms. The second-order valence-corrected chi connectivity index (χ2v) is 16.3. The lowest BCUT2D eigenvalue weighted by Crippen LogP contribution is -2.17. The van der Waals surface area contributed by atoms with E-state index in [2.05, 4.69) is 69.7 Å². The molecule has 0 amide bonds. The summed E-state index contributed by atoms with van der Waals surface area (Å²) < 4.78 is 6.73. The van der Waals surface area contributed by atoms with Gasteiger partial charge < -0.3 is 14.7 Å². The van der Waals surface area contributed by atoms with Crippen molar-refractivity contribution in [1.82, 2.24) is 39.9 Å². The van der Waals surface area contributed by atoms with Crippen LogP contribution in [-0.4, -0.2) is 39.9 Å². The number of hydrogen-bond acceptors (Lipinski definition) is 7. The normalized spacial score (nSPS) is 12.5. The first kappa shape index (κ1) is 32.9. The molecule has 5 aromatic carbocycles. The highest BCUT2D eigenvalue weighted by Crippen LogP contribution is 2.42. The van der Waals surface area contributed by atoms with Gasteiger partial charge in [-0.05, 0) is 40.7 Å². The van der Waals surface area contributed by atoms with Gasteiger partial charge in [0, 0.05) is 49.4 Å². The van der Waals surface area contributed by atoms with Crippen molar-refractivity contribution in [1.29, 1.82) is 0 Å². The Labute approximate surface area is 317 Å². The molecule has 3 aromatic heterocycles. The summed E-state index contributed by atoms with van der Waals surface area (Å²) in [6.07, 6.45) is 0. The Kier molecular flexibility index (Phi) is 7.10. The summed E-state index contributed by atoms with van der Waals surface area (Å²) in [6, 6.07) is 36.8. The van der Waals surface area contributed by atoms with E-state index in [1.807, 2.05) is 91.0 Å². The molecule has 0 spiro atoms. The van der Waals surface area contributed by atoms with Crippen molar-refractivity contribution in [2.24, 2.45) is 0 Å². The maximum atomic E-state index is 6.73. The van der Waals surface area contributed by atoms with Crippen molar-refractivity contribution in [2.75, 3.05) is 0 Å². The lowest BCUT2D eigenvalue weighted by molar-refractivity contribution is 0.453. The number of nitrogens with zero attached hydrogens (tertiary/aromatic N) is 6. The fourth-order valence-corrected chi connectivity index (χ4v) is 7.48. The molecule has 55 heavy (non-hydrogen) atoms. The van der Waals surface area contributed by atoms with Gasteiger partial charge in [0.05, 0.1) is 0 Å². The molecule has 0 atom stereocenters. The maximum absolute atomic E-state index is 6.73. The van der Waals surface area contributed by atoms with Crippen molar-refractivity contribution in [3.05, 3.63) is 120 Å². The third-order valence-corrected chi connectivity index (χ3v) is 10.4. The van der Waals surface area contributed by atoms with E-state index >= 15 is 0 Å². The van der Waals surface area contributed by atoms with Crippen LogP contribution >= 0.6 is 0 Å². The van der Waals surface area contributed by atoms with Gasteiger partial charge in [-0.1, -0.05) is 126 Å². The molecule has 0 saturated carbocycles. The van der Waals surface area contributed by atoms with Gasteiger partial charge in [0.1, 0.15) is 34.1 Å².